The van der Waals surface area contributed by atoms with Crippen LogP contribution in [0.1, 0.15) is 22.8 Å². The molecular formula is C11H10BrF2NO5. The monoisotopic (exact) mass is 353 g/mol. The number of alkyl halides is 3. The molecule has 1 aromatic rings. The predicted octanol–water partition coefficient (Wildman–Crippen LogP) is 3.27. The number of carbonyl (C=O) groups excluding carboxylic acids is 1. The molecule has 1 aromatic carbocycles. The van der Waals surface area contributed by atoms with Crippen LogP contribution >= 0.6 is 15.9 Å². The van der Waals surface area contributed by atoms with Crippen molar-refractivity contribution in [3.63, 3.8) is 0 Å². The molecule has 0 bridgehead atoms. The number of nitro benzene ring substituents is 1. The van der Waals surface area contributed by atoms with Crippen LogP contribution in [0.3, 0.4) is 0 Å². The van der Waals surface area contributed by atoms with Crippen LogP contribution in [-0.2, 0) is 10.1 Å². The van der Waals surface area contributed by atoms with Crippen LogP contribution in [0.4, 0.5) is 14.5 Å². The maximum atomic E-state index is 12.4. The molecule has 0 saturated heterocycles. The van der Waals surface area contributed by atoms with E-state index < -0.39 is 34.5 Å². The topological polar surface area (TPSA) is 78.7 Å². The summed E-state index contributed by atoms with van der Waals surface area (Å²) in [6, 6.07) is 1.90. The van der Waals surface area contributed by atoms with E-state index in [1.807, 2.05) is 0 Å². The molecule has 0 aliphatic carbocycles. The average molecular weight is 354 g/mol. The van der Waals surface area contributed by atoms with Crippen molar-refractivity contribution in [1.82, 2.24) is 0 Å². The first-order chi connectivity index (χ1) is 9.40. The average Bonchev–Trinajstić information content (AvgIpc) is 2.38. The first-order valence-electron chi connectivity index (χ1n) is 5.39. The number of nitro groups is 1. The van der Waals surface area contributed by atoms with E-state index in [1.165, 1.54) is 6.92 Å². The predicted molar refractivity (Wildman–Crippen MR) is 68.3 cm³/mol. The second-order valence-electron chi connectivity index (χ2n) is 3.47. The van der Waals surface area contributed by atoms with Gasteiger partial charge in [-0.15, -0.1) is 0 Å². The lowest BCUT2D eigenvalue weighted by atomic mass is 10.1. The van der Waals surface area contributed by atoms with Gasteiger partial charge in [-0.05, 0) is 6.92 Å². The minimum atomic E-state index is -3.16. The molecule has 0 aliphatic heterocycles. The van der Waals surface area contributed by atoms with Crippen LogP contribution in [0.5, 0.6) is 5.75 Å². The highest BCUT2D eigenvalue weighted by Crippen LogP contribution is 2.32. The molecule has 0 amide bonds. The third kappa shape index (κ3) is 3.86. The number of ether oxygens (including phenoxy) is 2. The normalized spacial score (nSPS) is 10.4. The third-order valence-corrected chi connectivity index (χ3v) is 2.81. The van der Waals surface area contributed by atoms with Crippen LogP contribution in [-0.4, -0.2) is 24.1 Å². The Balaban J connectivity index is 3.43. The van der Waals surface area contributed by atoms with Crippen molar-refractivity contribution in [2.24, 2.45) is 0 Å². The molecule has 9 heteroatoms. The number of halogens is 3. The summed E-state index contributed by atoms with van der Waals surface area (Å²) in [6.07, 6.45) is 0. The fraction of sp³-hybridized carbons (Fsp3) is 0.364. The van der Waals surface area contributed by atoms with Crippen molar-refractivity contribution >= 4 is 27.6 Å². The van der Waals surface area contributed by atoms with Gasteiger partial charge in [-0.3, -0.25) is 10.1 Å². The van der Waals surface area contributed by atoms with Gasteiger partial charge in [0, 0.05) is 23.0 Å². The fourth-order valence-electron chi connectivity index (χ4n) is 1.47. The third-order valence-electron chi connectivity index (χ3n) is 2.21. The number of nitrogens with zero attached hydrogens (tertiary/aromatic N) is 1. The van der Waals surface area contributed by atoms with Crippen LogP contribution in [0.25, 0.3) is 0 Å². The number of hydrogen-bond donors (Lipinski definition) is 0. The van der Waals surface area contributed by atoms with Gasteiger partial charge in [0.2, 0.25) is 0 Å². The lowest BCUT2D eigenvalue weighted by molar-refractivity contribution is -0.385. The van der Waals surface area contributed by atoms with E-state index in [-0.39, 0.29) is 17.5 Å². The summed E-state index contributed by atoms with van der Waals surface area (Å²) in [5, 5.41) is 10.8. The second kappa shape index (κ2) is 7.13. The van der Waals surface area contributed by atoms with Crippen molar-refractivity contribution in [2.75, 3.05) is 6.61 Å². The first kappa shape index (κ1) is 16.3. The molecule has 110 valence electrons. The minimum absolute atomic E-state index is 0.000705. The fourth-order valence-corrected chi connectivity index (χ4v) is 1.88. The molecule has 20 heavy (non-hydrogen) atoms. The molecule has 0 fully saturated rings. The van der Waals surface area contributed by atoms with E-state index in [2.05, 4.69) is 25.4 Å². The maximum absolute atomic E-state index is 12.4. The Kier molecular flexibility index (Phi) is 5.81. The van der Waals surface area contributed by atoms with Crippen molar-refractivity contribution in [3.05, 3.63) is 33.4 Å². The molecule has 0 unspecified atom stereocenters. The van der Waals surface area contributed by atoms with Crippen LogP contribution in [0, 0.1) is 10.1 Å². The zero-order valence-electron chi connectivity index (χ0n) is 10.3. The van der Waals surface area contributed by atoms with Gasteiger partial charge in [0.1, 0.15) is 11.3 Å². The molecule has 0 radical (unpaired) electrons. The lowest BCUT2D eigenvalue weighted by Gasteiger charge is -2.13. The van der Waals surface area contributed by atoms with Gasteiger partial charge >= 0.3 is 12.6 Å². The highest BCUT2D eigenvalue weighted by Gasteiger charge is 2.24. The van der Waals surface area contributed by atoms with Gasteiger partial charge in [-0.1, -0.05) is 15.9 Å². The van der Waals surface area contributed by atoms with E-state index >= 15 is 0 Å². The Morgan fingerprint density at radius 2 is 2.15 bits per heavy atom. The number of benzene rings is 1. The quantitative estimate of drug-likeness (QED) is 0.339. The van der Waals surface area contributed by atoms with Crippen molar-refractivity contribution in [1.29, 1.82) is 0 Å². The Labute approximate surface area is 120 Å². The Hall–Kier alpha value is -1.77. The van der Waals surface area contributed by atoms with Gasteiger partial charge in [0.25, 0.3) is 5.69 Å². The summed E-state index contributed by atoms with van der Waals surface area (Å²) in [6.45, 7) is -1.64. The second-order valence-corrected chi connectivity index (χ2v) is 4.03. The van der Waals surface area contributed by atoms with Gasteiger partial charge in [-0.2, -0.15) is 8.78 Å². The smallest absolute Gasteiger partial charge is 0.387 e. The maximum Gasteiger partial charge on any atom is 0.387 e. The van der Waals surface area contributed by atoms with E-state index in [4.69, 9.17) is 0 Å². The number of hydrogen-bond acceptors (Lipinski definition) is 5. The molecule has 0 atom stereocenters. The number of carbonyl (C=O) groups is 1. The van der Waals surface area contributed by atoms with Gasteiger partial charge in [0.05, 0.1) is 11.5 Å². The van der Waals surface area contributed by atoms with Crippen LogP contribution in [0.15, 0.2) is 12.1 Å². The summed E-state index contributed by atoms with van der Waals surface area (Å²) in [7, 11) is 0. The zero-order valence-corrected chi connectivity index (χ0v) is 11.9. The molecule has 0 saturated carbocycles. The van der Waals surface area contributed by atoms with Crippen molar-refractivity contribution in [2.45, 2.75) is 18.9 Å². The van der Waals surface area contributed by atoms with Crippen molar-refractivity contribution < 1.29 is 28.0 Å². The number of esters is 1. The Bertz CT molecular complexity index is 524. The molecule has 0 heterocycles. The summed E-state index contributed by atoms with van der Waals surface area (Å²) < 4.78 is 33.8. The largest absolute Gasteiger partial charge is 0.462 e. The first-order valence-corrected chi connectivity index (χ1v) is 6.52. The summed E-state index contributed by atoms with van der Waals surface area (Å²) in [4.78, 5) is 21.8. The lowest BCUT2D eigenvalue weighted by Crippen LogP contribution is -2.13. The number of non-ortho nitro benzene ring substituents is 1. The van der Waals surface area contributed by atoms with E-state index in [9.17, 15) is 23.7 Å². The molecule has 6 nitrogen and oxygen atoms in total. The number of rotatable bonds is 6. The summed E-state index contributed by atoms with van der Waals surface area (Å²) in [5.74, 6) is -1.39. The van der Waals surface area contributed by atoms with E-state index in [0.717, 1.165) is 12.1 Å². The molecule has 0 aliphatic rings. The SMILES string of the molecule is CCOC(=O)c1cc([N+](=O)[O-])cc(CBr)c1OC(F)F. The molecule has 0 spiro atoms. The van der Waals surface area contributed by atoms with Gasteiger partial charge < -0.3 is 9.47 Å². The molecule has 1 rings (SSSR count). The Morgan fingerprint density at radius 1 is 1.50 bits per heavy atom. The van der Waals surface area contributed by atoms with Crippen LogP contribution in [0.2, 0.25) is 0 Å². The van der Waals surface area contributed by atoms with Crippen LogP contribution < -0.4 is 4.74 Å². The van der Waals surface area contributed by atoms with E-state index in [0.29, 0.717) is 0 Å². The summed E-state index contributed by atoms with van der Waals surface area (Å²) >= 11 is 3.00. The minimum Gasteiger partial charge on any atom is -0.462 e. The molecule has 0 N–H and O–H groups in total. The molecular weight excluding hydrogens is 344 g/mol. The highest BCUT2D eigenvalue weighted by atomic mass is 79.9. The van der Waals surface area contributed by atoms with Gasteiger partial charge in [0.15, 0.2) is 0 Å². The zero-order chi connectivity index (χ0) is 15.3. The highest BCUT2D eigenvalue weighted by molar-refractivity contribution is 9.08. The van der Waals surface area contributed by atoms with Crippen molar-refractivity contribution in [3.8, 4) is 5.75 Å². The van der Waals surface area contributed by atoms with E-state index in [1.54, 1.807) is 0 Å². The Morgan fingerprint density at radius 3 is 2.60 bits per heavy atom. The summed E-state index contributed by atoms with van der Waals surface area (Å²) in [5.41, 5.74) is -0.762. The van der Waals surface area contributed by atoms with Gasteiger partial charge in [-0.25, -0.2) is 4.79 Å². The molecule has 0 aromatic heterocycles. The standard InChI is InChI=1S/C11H10BrF2NO5/c1-2-19-10(16)8-4-7(15(17)18)3-6(5-12)9(8)20-11(13)14/h3-4,11H,2,5H2,1H3.